The zero-order chi connectivity index (χ0) is 20.2. The molecule has 2 heterocycles. The Labute approximate surface area is 174 Å². The first-order chi connectivity index (χ1) is 14.1. The van der Waals surface area contributed by atoms with Crippen LogP contribution in [0.15, 0.2) is 24.3 Å². The number of benzene rings is 1. The molecular formula is C21H25N3O4S. The Morgan fingerprint density at radius 2 is 1.83 bits per heavy atom. The molecule has 0 unspecified atom stereocenters. The van der Waals surface area contributed by atoms with Crippen LogP contribution in [-0.2, 0) is 17.8 Å². The third-order valence-electron chi connectivity index (χ3n) is 5.32. The Morgan fingerprint density at radius 3 is 2.52 bits per heavy atom. The van der Waals surface area contributed by atoms with E-state index < -0.39 is 0 Å². The molecule has 0 spiro atoms. The molecule has 2 aliphatic rings. The van der Waals surface area contributed by atoms with Crippen LogP contribution in [0.3, 0.4) is 0 Å². The van der Waals surface area contributed by atoms with Gasteiger partial charge in [0.25, 0.3) is 5.91 Å². The summed E-state index contributed by atoms with van der Waals surface area (Å²) in [6, 6.07) is 7.20. The van der Waals surface area contributed by atoms with Crippen molar-refractivity contribution in [3.8, 4) is 11.5 Å². The maximum Gasteiger partial charge on any atom is 0.260 e. The van der Waals surface area contributed by atoms with Crippen molar-refractivity contribution < 1.29 is 19.1 Å². The van der Waals surface area contributed by atoms with Gasteiger partial charge in [0.1, 0.15) is 16.5 Å². The molecule has 1 aromatic carbocycles. The zero-order valence-electron chi connectivity index (χ0n) is 16.6. The second kappa shape index (κ2) is 8.92. The van der Waals surface area contributed by atoms with E-state index in [1.165, 1.54) is 0 Å². The molecule has 0 atom stereocenters. The predicted octanol–water partition coefficient (Wildman–Crippen LogP) is 2.39. The van der Waals surface area contributed by atoms with Gasteiger partial charge in [-0.3, -0.25) is 14.5 Å². The number of nitrogens with zero attached hydrogens (tertiary/aromatic N) is 3. The van der Waals surface area contributed by atoms with E-state index in [9.17, 15) is 9.59 Å². The van der Waals surface area contributed by atoms with Crippen LogP contribution in [0.5, 0.6) is 11.5 Å². The first kappa shape index (κ1) is 19.8. The largest absolute Gasteiger partial charge is 0.497 e. The summed E-state index contributed by atoms with van der Waals surface area (Å²) in [5.41, 5.74) is 0.978. The number of rotatable bonds is 6. The number of carbonyl (C=O) groups is 2. The van der Waals surface area contributed by atoms with Crippen LogP contribution in [0.1, 0.15) is 33.2 Å². The number of aromatic nitrogens is 1. The lowest BCUT2D eigenvalue weighted by Gasteiger charge is -2.34. The van der Waals surface area contributed by atoms with Gasteiger partial charge in [-0.25, -0.2) is 4.98 Å². The molecule has 0 N–H and O–H groups in total. The Balaban J connectivity index is 1.23. The van der Waals surface area contributed by atoms with E-state index in [0.717, 1.165) is 53.8 Å². The predicted molar refractivity (Wildman–Crippen MR) is 110 cm³/mol. The van der Waals surface area contributed by atoms with Gasteiger partial charge in [-0.05, 0) is 37.1 Å². The van der Waals surface area contributed by atoms with Crippen LogP contribution in [0.25, 0.3) is 0 Å². The number of thiazole rings is 1. The summed E-state index contributed by atoms with van der Waals surface area (Å²) in [5.74, 6) is 1.64. The average Bonchev–Trinajstić information content (AvgIpc) is 3.17. The number of aryl methyl sites for hydroxylation is 1. The van der Waals surface area contributed by atoms with Crippen molar-refractivity contribution in [1.29, 1.82) is 0 Å². The van der Waals surface area contributed by atoms with E-state index in [0.29, 0.717) is 25.3 Å². The van der Waals surface area contributed by atoms with Crippen molar-refractivity contribution in [2.45, 2.75) is 25.8 Å². The van der Waals surface area contributed by atoms with Gasteiger partial charge in [-0.2, -0.15) is 0 Å². The molecule has 1 aliphatic heterocycles. The lowest BCUT2D eigenvalue weighted by molar-refractivity contribution is -0.135. The number of fused-ring (bicyclic) bond motifs is 1. The third-order valence-corrected chi connectivity index (χ3v) is 6.44. The SMILES string of the molecule is COc1ccc(OCC(=O)N2CCN(Cc3nc4c(s3)C(=O)CCC4)CC2)cc1. The summed E-state index contributed by atoms with van der Waals surface area (Å²) in [7, 11) is 1.61. The Hall–Kier alpha value is -2.45. The van der Waals surface area contributed by atoms with Gasteiger partial charge in [0.05, 0.1) is 24.2 Å². The van der Waals surface area contributed by atoms with Gasteiger partial charge < -0.3 is 14.4 Å². The molecule has 154 valence electrons. The Kier molecular flexibility index (Phi) is 6.10. The smallest absolute Gasteiger partial charge is 0.260 e. The molecule has 8 heteroatoms. The highest BCUT2D eigenvalue weighted by atomic mass is 32.1. The molecule has 2 aromatic rings. The maximum atomic E-state index is 12.4. The highest BCUT2D eigenvalue weighted by Crippen LogP contribution is 2.27. The molecular weight excluding hydrogens is 390 g/mol. The number of ether oxygens (including phenoxy) is 2. The van der Waals surface area contributed by atoms with E-state index in [1.807, 2.05) is 17.0 Å². The minimum absolute atomic E-state index is 0.00391. The van der Waals surface area contributed by atoms with Crippen LogP contribution < -0.4 is 9.47 Å². The fraction of sp³-hybridized carbons (Fsp3) is 0.476. The molecule has 0 saturated carbocycles. The van der Waals surface area contributed by atoms with Gasteiger partial charge in [-0.15, -0.1) is 11.3 Å². The highest BCUT2D eigenvalue weighted by Gasteiger charge is 2.25. The van der Waals surface area contributed by atoms with Crippen molar-refractivity contribution in [1.82, 2.24) is 14.8 Å². The summed E-state index contributed by atoms with van der Waals surface area (Å²) < 4.78 is 10.7. The van der Waals surface area contributed by atoms with Crippen molar-refractivity contribution >= 4 is 23.0 Å². The number of ketones is 1. The lowest BCUT2D eigenvalue weighted by Crippen LogP contribution is -2.49. The van der Waals surface area contributed by atoms with Gasteiger partial charge in [0, 0.05) is 32.6 Å². The van der Waals surface area contributed by atoms with Crippen LogP contribution in [0.2, 0.25) is 0 Å². The average molecular weight is 416 g/mol. The van der Waals surface area contributed by atoms with E-state index in [1.54, 1.807) is 30.6 Å². The van der Waals surface area contributed by atoms with Crippen LogP contribution >= 0.6 is 11.3 Å². The summed E-state index contributed by atoms with van der Waals surface area (Å²) >= 11 is 1.54. The third kappa shape index (κ3) is 4.76. The molecule has 4 rings (SSSR count). The molecule has 1 fully saturated rings. The van der Waals surface area contributed by atoms with Crippen LogP contribution in [0, 0.1) is 0 Å². The van der Waals surface area contributed by atoms with Gasteiger partial charge >= 0.3 is 0 Å². The minimum Gasteiger partial charge on any atom is -0.497 e. The number of amides is 1. The number of hydrogen-bond acceptors (Lipinski definition) is 7. The Morgan fingerprint density at radius 1 is 1.10 bits per heavy atom. The molecule has 1 aliphatic carbocycles. The summed E-state index contributed by atoms with van der Waals surface area (Å²) in [4.78, 5) is 34.1. The number of methoxy groups -OCH3 is 1. The molecule has 0 bridgehead atoms. The lowest BCUT2D eigenvalue weighted by atomic mass is 10.0. The molecule has 1 amide bonds. The first-order valence-electron chi connectivity index (χ1n) is 9.91. The molecule has 1 saturated heterocycles. The summed E-state index contributed by atoms with van der Waals surface area (Å²) in [6.45, 7) is 3.73. The van der Waals surface area contributed by atoms with Crippen molar-refractivity contribution in [3.63, 3.8) is 0 Å². The molecule has 29 heavy (non-hydrogen) atoms. The topological polar surface area (TPSA) is 72.0 Å². The number of carbonyl (C=O) groups excluding carboxylic acids is 2. The van der Waals surface area contributed by atoms with Gasteiger partial charge in [0.2, 0.25) is 0 Å². The van der Waals surface area contributed by atoms with E-state index >= 15 is 0 Å². The van der Waals surface area contributed by atoms with Crippen molar-refractivity contribution in [3.05, 3.63) is 39.8 Å². The van der Waals surface area contributed by atoms with E-state index in [4.69, 9.17) is 9.47 Å². The minimum atomic E-state index is -0.00391. The maximum absolute atomic E-state index is 12.4. The van der Waals surface area contributed by atoms with Gasteiger partial charge in [-0.1, -0.05) is 0 Å². The van der Waals surface area contributed by atoms with E-state index in [-0.39, 0.29) is 18.3 Å². The fourth-order valence-corrected chi connectivity index (χ4v) is 4.76. The second-order valence-electron chi connectivity index (χ2n) is 7.28. The second-order valence-corrected chi connectivity index (χ2v) is 8.36. The zero-order valence-corrected chi connectivity index (χ0v) is 17.4. The standard InChI is InChI=1S/C21H25N3O4S/c1-27-15-5-7-16(8-6-15)28-14-20(26)24-11-9-23(10-12-24)13-19-22-17-3-2-4-18(25)21(17)29-19/h5-8H,2-4,9-14H2,1H3. The van der Waals surface area contributed by atoms with Crippen LogP contribution in [0.4, 0.5) is 0 Å². The van der Waals surface area contributed by atoms with Crippen molar-refractivity contribution in [2.75, 3.05) is 39.9 Å². The Bertz CT molecular complexity index is 873. The molecule has 1 aromatic heterocycles. The normalized spacial score (nSPS) is 17.1. The quantitative estimate of drug-likeness (QED) is 0.722. The van der Waals surface area contributed by atoms with Gasteiger partial charge in [0.15, 0.2) is 12.4 Å². The highest BCUT2D eigenvalue weighted by molar-refractivity contribution is 7.13. The van der Waals surface area contributed by atoms with Crippen LogP contribution in [-0.4, -0.2) is 66.4 Å². The number of piperazine rings is 1. The number of hydrogen-bond donors (Lipinski definition) is 0. The fourth-order valence-electron chi connectivity index (χ4n) is 3.64. The van der Waals surface area contributed by atoms with Crippen molar-refractivity contribution in [2.24, 2.45) is 0 Å². The summed E-state index contributed by atoms with van der Waals surface area (Å²) in [5, 5.41) is 1.01. The van der Waals surface area contributed by atoms with E-state index in [2.05, 4.69) is 9.88 Å². The first-order valence-corrected chi connectivity index (χ1v) is 10.7. The monoisotopic (exact) mass is 415 g/mol. The number of Topliss-reactive ketones (excluding diaryl/α,β-unsaturated/α-hetero) is 1. The molecule has 0 radical (unpaired) electrons. The summed E-state index contributed by atoms with van der Waals surface area (Å²) in [6.07, 6.45) is 2.47. The molecule has 7 nitrogen and oxygen atoms in total.